The molecule has 0 aliphatic heterocycles. The normalized spacial score (nSPS) is 12.1. The van der Waals surface area contributed by atoms with Crippen LogP contribution in [0.3, 0.4) is 0 Å². The molecule has 5 nitrogen and oxygen atoms in total. The summed E-state index contributed by atoms with van der Waals surface area (Å²) in [6.45, 7) is 7.43. The van der Waals surface area contributed by atoms with Crippen molar-refractivity contribution in [2.45, 2.75) is 46.5 Å². The Morgan fingerprint density at radius 1 is 1.26 bits per heavy atom. The van der Waals surface area contributed by atoms with Crippen molar-refractivity contribution in [3.8, 4) is 0 Å². The van der Waals surface area contributed by atoms with Gasteiger partial charge in [0.15, 0.2) is 0 Å². The van der Waals surface area contributed by atoms with Crippen LogP contribution >= 0.6 is 0 Å². The molecule has 0 saturated heterocycles. The Kier molecular flexibility index (Phi) is 9.01. The van der Waals surface area contributed by atoms with Gasteiger partial charge in [-0.3, -0.25) is 4.79 Å². The molecular formula is C13H28N2O3S. The second-order valence-corrected chi connectivity index (χ2v) is 7.30. The minimum atomic E-state index is -3.23. The molecule has 0 atom stereocenters. The molecule has 0 fully saturated rings. The lowest BCUT2D eigenvalue weighted by Crippen LogP contribution is -2.37. The van der Waals surface area contributed by atoms with E-state index >= 15 is 0 Å². The van der Waals surface area contributed by atoms with E-state index in [2.05, 4.69) is 12.2 Å². The van der Waals surface area contributed by atoms with Crippen LogP contribution in [0.4, 0.5) is 0 Å². The smallest absolute Gasteiger partial charge is 0.221 e. The average Bonchev–Trinajstić information content (AvgIpc) is 2.28. The van der Waals surface area contributed by atoms with Crippen LogP contribution in [0.2, 0.25) is 0 Å². The minimum Gasteiger partial charge on any atom is -0.356 e. The number of amides is 1. The van der Waals surface area contributed by atoms with Gasteiger partial charge in [-0.15, -0.1) is 0 Å². The Morgan fingerprint density at radius 2 is 1.89 bits per heavy atom. The molecule has 0 spiro atoms. The molecule has 0 rings (SSSR count). The summed E-state index contributed by atoms with van der Waals surface area (Å²) in [5.41, 5.74) is 0. The molecule has 19 heavy (non-hydrogen) atoms. The van der Waals surface area contributed by atoms with Crippen molar-refractivity contribution in [2.24, 2.45) is 5.92 Å². The lowest BCUT2D eigenvalue weighted by atomic mass is 10.2. The maximum Gasteiger partial charge on any atom is 0.221 e. The quantitative estimate of drug-likeness (QED) is 0.622. The van der Waals surface area contributed by atoms with Crippen molar-refractivity contribution >= 4 is 15.9 Å². The van der Waals surface area contributed by atoms with Crippen LogP contribution in [-0.2, 0) is 14.8 Å². The fourth-order valence-electron chi connectivity index (χ4n) is 1.72. The number of nitrogens with one attached hydrogen (secondary N) is 1. The molecule has 0 bridgehead atoms. The maximum atomic E-state index is 11.6. The van der Waals surface area contributed by atoms with Crippen LogP contribution in [-0.4, -0.2) is 44.5 Å². The molecule has 1 amide bonds. The van der Waals surface area contributed by atoms with Gasteiger partial charge in [0.2, 0.25) is 15.9 Å². The highest BCUT2D eigenvalue weighted by Crippen LogP contribution is 2.05. The molecule has 0 aliphatic carbocycles. The largest absolute Gasteiger partial charge is 0.356 e. The zero-order valence-corrected chi connectivity index (χ0v) is 13.4. The number of carbonyl (C=O) groups is 1. The number of unbranched alkanes of at least 4 members (excludes halogenated alkanes) is 2. The van der Waals surface area contributed by atoms with E-state index in [1.807, 2.05) is 13.8 Å². The van der Waals surface area contributed by atoms with Crippen LogP contribution < -0.4 is 5.32 Å². The highest BCUT2D eigenvalue weighted by molar-refractivity contribution is 7.88. The lowest BCUT2D eigenvalue weighted by Gasteiger charge is -2.21. The molecule has 1 N–H and O–H groups in total. The predicted octanol–water partition coefficient (Wildman–Crippen LogP) is 1.60. The fourth-order valence-corrected chi connectivity index (χ4v) is 2.71. The van der Waals surface area contributed by atoms with E-state index in [0.717, 1.165) is 19.3 Å². The van der Waals surface area contributed by atoms with Crippen LogP contribution in [0.15, 0.2) is 0 Å². The molecule has 0 radical (unpaired) electrons. The van der Waals surface area contributed by atoms with Gasteiger partial charge in [-0.25, -0.2) is 12.7 Å². The number of carbonyl (C=O) groups excluding carboxylic acids is 1. The number of nitrogens with zero attached hydrogens (tertiary/aromatic N) is 1. The summed E-state index contributed by atoms with van der Waals surface area (Å²) < 4.78 is 24.5. The monoisotopic (exact) mass is 292 g/mol. The van der Waals surface area contributed by atoms with Crippen molar-refractivity contribution in [3.63, 3.8) is 0 Å². The second kappa shape index (κ2) is 9.31. The summed E-state index contributed by atoms with van der Waals surface area (Å²) >= 11 is 0. The van der Waals surface area contributed by atoms with Gasteiger partial charge in [0.25, 0.3) is 0 Å². The van der Waals surface area contributed by atoms with Gasteiger partial charge in [-0.1, -0.05) is 33.6 Å². The highest BCUT2D eigenvalue weighted by Gasteiger charge is 2.18. The van der Waals surface area contributed by atoms with Crippen LogP contribution in [0.5, 0.6) is 0 Å². The van der Waals surface area contributed by atoms with E-state index < -0.39 is 10.0 Å². The Morgan fingerprint density at radius 3 is 2.37 bits per heavy atom. The van der Waals surface area contributed by atoms with Crippen LogP contribution in [0.1, 0.15) is 46.5 Å². The van der Waals surface area contributed by atoms with Crippen LogP contribution in [0.25, 0.3) is 0 Å². The molecule has 114 valence electrons. The van der Waals surface area contributed by atoms with E-state index in [1.165, 1.54) is 10.6 Å². The summed E-state index contributed by atoms with van der Waals surface area (Å²) in [6, 6.07) is 0. The maximum absolute atomic E-state index is 11.6. The van der Waals surface area contributed by atoms with Crippen molar-refractivity contribution in [3.05, 3.63) is 0 Å². The van der Waals surface area contributed by atoms with E-state index in [4.69, 9.17) is 0 Å². The third-order valence-electron chi connectivity index (χ3n) is 2.73. The minimum absolute atomic E-state index is 0.0755. The van der Waals surface area contributed by atoms with Gasteiger partial charge >= 0.3 is 0 Å². The fraction of sp³-hybridized carbons (Fsp3) is 0.923. The second-order valence-electron chi connectivity index (χ2n) is 5.32. The first-order valence-corrected chi connectivity index (χ1v) is 8.84. The summed E-state index contributed by atoms with van der Waals surface area (Å²) in [5.74, 6) is 0.177. The zero-order chi connectivity index (χ0) is 14.9. The van der Waals surface area contributed by atoms with Gasteiger partial charge in [0.05, 0.1) is 6.26 Å². The SMILES string of the molecule is CCCCCNC(=O)CCN(CC(C)C)S(C)(=O)=O. The standard InChI is InChI=1S/C13H28N2O3S/c1-5-6-7-9-14-13(16)8-10-15(11-12(2)3)19(4,17)18/h12H,5-11H2,1-4H3,(H,14,16). The van der Waals surface area contributed by atoms with Crippen molar-refractivity contribution < 1.29 is 13.2 Å². The number of hydrogen-bond acceptors (Lipinski definition) is 3. The summed E-state index contributed by atoms with van der Waals surface area (Å²) in [6.07, 6.45) is 4.61. The van der Waals surface area contributed by atoms with E-state index in [-0.39, 0.29) is 24.8 Å². The Hall–Kier alpha value is -0.620. The molecule has 0 saturated carbocycles. The first-order valence-electron chi connectivity index (χ1n) is 6.99. The van der Waals surface area contributed by atoms with Crippen molar-refractivity contribution in [1.29, 1.82) is 0 Å². The third-order valence-corrected chi connectivity index (χ3v) is 4.00. The molecule has 0 aromatic carbocycles. The highest BCUT2D eigenvalue weighted by atomic mass is 32.2. The first-order chi connectivity index (χ1) is 8.77. The molecule has 0 aromatic rings. The van der Waals surface area contributed by atoms with E-state index in [1.54, 1.807) is 0 Å². The number of hydrogen-bond donors (Lipinski definition) is 1. The van der Waals surface area contributed by atoms with Crippen molar-refractivity contribution in [2.75, 3.05) is 25.9 Å². The van der Waals surface area contributed by atoms with E-state index in [9.17, 15) is 13.2 Å². The molecule has 0 unspecified atom stereocenters. The lowest BCUT2D eigenvalue weighted by molar-refractivity contribution is -0.121. The zero-order valence-electron chi connectivity index (χ0n) is 12.6. The molecular weight excluding hydrogens is 264 g/mol. The molecule has 0 aliphatic rings. The van der Waals surface area contributed by atoms with E-state index in [0.29, 0.717) is 13.1 Å². The van der Waals surface area contributed by atoms with Crippen molar-refractivity contribution in [1.82, 2.24) is 9.62 Å². The molecule has 0 heterocycles. The van der Waals surface area contributed by atoms with Gasteiger partial charge in [0, 0.05) is 26.1 Å². The molecule has 6 heteroatoms. The topological polar surface area (TPSA) is 66.5 Å². The number of rotatable bonds is 10. The molecule has 0 aromatic heterocycles. The third kappa shape index (κ3) is 9.90. The summed E-state index contributed by atoms with van der Waals surface area (Å²) in [5, 5.41) is 2.82. The van der Waals surface area contributed by atoms with Gasteiger partial charge in [0.1, 0.15) is 0 Å². The average molecular weight is 292 g/mol. The first kappa shape index (κ1) is 18.4. The van der Waals surface area contributed by atoms with Gasteiger partial charge in [-0.05, 0) is 12.3 Å². The Balaban J connectivity index is 4.07. The Bertz CT molecular complexity index is 353. The summed E-state index contributed by atoms with van der Waals surface area (Å²) in [4.78, 5) is 11.6. The van der Waals surface area contributed by atoms with Crippen LogP contribution in [0, 0.1) is 5.92 Å². The Labute approximate surface area is 117 Å². The number of sulfonamides is 1. The van der Waals surface area contributed by atoms with Gasteiger partial charge in [-0.2, -0.15) is 0 Å². The predicted molar refractivity (Wildman–Crippen MR) is 78.4 cm³/mol. The summed E-state index contributed by atoms with van der Waals surface area (Å²) in [7, 11) is -3.23. The van der Waals surface area contributed by atoms with Gasteiger partial charge < -0.3 is 5.32 Å².